The van der Waals surface area contributed by atoms with Crippen LogP contribution < -0.4 is 5.32 Å². The van der Waals surface area contributed by atoms with Gasteiger partial charge >= 0.3 is 0 Å². The zero-order valence-corrected chi connectivity index (χ0v) is 13.3. The van der Waals surface area contributed by atoms with Crippen LogP contribution in [-0.4, -0.2) is 10.9 Å². The van der Waals surface area contributed by atoms with Crippen LogP contribution in [0.5, 0.6) is 0 Å². The first-order valence-corrected chi connectivity index (χ1v) is 7.49. The van der Waals surface area contributed by atoms with Crippen LogP contribution in [-0.2, 0) is 11.3 Å². The number of hydrogen-bond donors (Lipinski definition) is 1. The number of nitriles is 1. The molecule has 0 spiro atoms. The summed E-state index contributed by atoms with van der Waals surface area (Å²) in [5, 5.41) is 11.9. The molecule has 0 radical (unpaired) electrons. The highest BCUT2D eigenvalue weighted by atomic mass is 16.1. The molecule has 1 heterocycles. The lowest BCUT2D eigenvalue weighted by Gasteiger charge is -2.06. The minimum atomic E-state index is -0.385. The molecular weight excluding hydrogens is 286 g/mol. The predicted molar refractivity (Wildman–Crippen MR) is 90.2 cm³/mol. The molecule has 2 aromatic rings. The number of benzene rings is 1. The third-order valence-electron chi connectivity index (χ3n) is 3.46. The highest BCUT2D eigenvalue weighted by Crippen LogP contribution is 2.16. The van der Waals surface area contributed by atoms with Crippen LogP contribution >= 0.6 is 0 Å². The number of pyridine rings is 1. The van der Waals surface area contributed by atoms with Crippen molar-refractivity contribution in [1.29, 1.82) is 5.26 Å². The summed E-state index contributed by atoms with van der Waals surface area (Å²) in [4.78, 5) is 16.1. The van der Waals surface area contributed by atoms with Gasteiger partial charge in [0, 0.05) is 18.9 Å². The number of nitrogens with one attached hydrogen (secondary N) is 1. The second-order valence-electron chi connectivity index (χ2n) is 5.54. The molecule has 4 nitrogen and oxygen atoms in total. The lowest BCUT2D eigenvalue weighted by atomic mass is 10.0. The number of aromatic nitrogens is 1. The highest BCUT2D eigenvalue weighted by Gasteiger charge is 2.09. The van der Waals surface area contributed by atoms with E-state index in [4.69, 9.17) is 0 Å². The van der Waals surface area contributed by atoms with Crippen molar-refractivity contribution in [3.63, 3.8) is 0 Å². The quantitative estimate of drug-likeness (QED) is 0.680. The Bertz CT molecular complexity index is 725. The number of carbonyl (C=O) groups excluding carboxylic acids is 1. The molecule has 0 aliphatic carbocycles. The van der Waals surface area contributed by atoms with Crippen molar-refractivity contribution < 1.29 is 4.79 Å². The molecule has 0 aliphatic rings. The van der Waals surface area contributed by atoms with Crippen molar-refractivity contribution in [2.24, 2.45) is 0 Å². The SMILES string of the molecule is CC(C)c1ccc(/C=C(/C#N)C(=O)NCc2cccnc2)cc1. The minimum Gasteiger partial charge on any atom is -0.347 e. The van der Waals surface area contributed by atoms with E-state index in [0.29, 0.717) is 12.5 Å². The summed E-state index contributed by atoms with van der Waals surface area (Å²) < 4.78 is 0. The Labute approximate surface area is 136 Å². The Morgan fingerprint density at radius 1 is 1.30 bits per heavy atom. The van der Waals surface area contributed by atoms with Crippen LogP contribution in [0, 0.1) is 11.3 Å². The van der Waals surface area contributed by atoms with E-state index in [1.807, 2.05) is 36.4 Å². The zero-order chi connectivity index (χ0) is 16.7. The van der Waals surface area contributed by atoms with Crippen LogP contribution in [0.25, 0.3) is 6.08 Å². The van der Waals surface area contributed by atoms with Gasteiger partial charge in [-0.2, -0.15) is 5.26 Å². The van der Waals surface area contributed by atoms with E-state index in [9.17, 15) is 10.1 Å². The molecule has 1 N–H and O–H groups in total. The molecule has 4 heteroatoms. The van der Waals surface area contributed by atoms with E-state index >= 15 is 0 Å². The Kier molecular flexibility index (Phi) is 5.65. The van der Waals surface area contributed by atoms with E-state index in [1.54, 1.807) is 24.5 Å². The molecule has 0 bridgehead atoms. The van der Waals surface area contributed by atoms with Crippen molar-refractivity contribution in [3.8, 4) is 6.07 Å². The normalized spacial score (nSPS) is 11.1. The second kappa shape index (κ2) is 7.90. The summed E-state index contributed by atoms with van der Waals surface area (Å²) in [6, 6.07) is 13.5. The largest absolute Gasteiger partial charge is 0.347 e. The van der Waals surface area contributed by atoms with E-state index in [1.165, 1.54) is 5.56 Å². The topological polar surface area (TPSA) is 65.8 Å². The van der Waals surface area contributed by atoms with E-state index < -0.39 is 0 Å². The van der Waals surface area contributed by atoms with Gasteiger partial charge in [-0.15, -0.1) is 0 Å². The summed E-state index contributed by atoms with van der Waals surface area (Å²) in [6.45, 7) is 4.59. The van der Waals surface area contributed by atoms with Gasteiger partial charge in [-0.3, -0.25) is 9.78 Å². The first kappa shape index (κ1) is 16.4. The van der Waals surface area contributed by atoms with Crippen molar-refractivity contribution in [3.05, 3.63) is 71.1 Å². The maximum Gasteiger partial charge on any atom is 0.262 e. The monoisotopic (exact) mass is 305 g/mol. The van der Waals surface area contributed by atoms with Gasteiger partial charge in [0.2, 0.25) is 0 Å². The molecule has 0 unspecified atom stereocenters. The second-order valence-corrected chi connectivity index (χ2v) is 5.54. The van der Waals surface area contributed by atoms with Gasteiger partial charge < -0.3 is 5.32 Å². The number of rotatable bonds is 5. The maximum absolute atomic E-state index is 12.1. The Morgan fingerprint density at radius 3 is 2.61 bits per heavy atom. The molecule has 2 rings (SSSR count). The molecule has 1 aromatic carbocycles. The summed E-state index contributed by atoms with van der Waals surface area (Å²) in [5.74, 6) is 0.0653. The van der Waals surface area contributed by atoms with Gasteiger partial charge in [-0.1, -0.05) is 44.2 Å². The Balaban J connectivity index is 2.06. The standard InChI is InChI=1S/C19H19N3O/c1-14(2)17-7-5-15(6-8-17)10-18(11-20)19(23)22-13-16-4-3-9-21-12-16/h3-10,12,14H,13H2,1-2H3,(H,22,23)/b18-10-. The Morgan fingerprint density at radius 2 is 2.04 bits per heavy atom. The van der Waals surface area contributed by atoms with Gasteiger partial charge in [-0.25, -0.2) is 0 Å². The van der Waals surface area contributed by atoms with Crippen LogP contribution in [0.1, 0.15) is 36.5 Å². The molecule has 1 amide bonds. The van der Waals surface area contributed by atoms with Gasteiger partial charge in [0.1, 0.15) is 11.6 Å². The first-order chi connectivity index (χ1) is 11.1. The zero-order valence-electron chi connectivity index (χ0n) is 13.3. The van der Waals surface area contributed by atoms with Crippen LogP contribution in [0.15, 0.2) is 54.4 Å². The first-order valence-electron chi connectivity index (χ1n) is 7.49. The Hall–Kier alpha value is -2.93. The summed E-state index contributed by atoms with van der Waals surface area (Å²) in [6.07, 6.45) is 4.95. The molecule has 1 aromatic heterocycles. The molecule has 0 saturated carbocycles. The van der Waals surface area contributed by atoms with Crippen LogP contribution in [0.3, 0.4) is 0 Å². The summed E-state index contributed by atoms with van der Waals surface area (Å²) in [5.41, 5.74) is 3.04. The number of nitrogens with zero attached hydrogens (tertiary/aromatic N) is 2. The lowest BCUT2D eigenvalue weighted by molar-refractivity contribution is -0.117. The number of hydrogen-bond acceptors (Lipinski definition) is 3. The van der Waals surface area contributed by atoms with Crippen LogP contribution in [0.4, 0.5) is 0 Å². The summed E-state index contributed by atoms with van der Waals surface area (Å²) in [7, 11) is 0. The van der Waals surface area contributed by atoms with Gasteiger partial charge in [0.25, 0.3) is 5.91 Å². The lowest BCUT2D eigenvalue weighted by Crippen LogP contribution is -2.23. The molecule has 23 heavy (non-hydrogen) atoms. The van der Waals surface area contributed by atoms with E-state index in [2.05, 4.69) is 24.1 Å². The third-order valence-corrected chi connectivity index (χ3v) is 3.46. The third kappa shape index (κ3) is 4.79. The molecular formula is C19H19N3O. The fourth-order valence-corrected chi connectivity index (χ4v) is 2.07. The van der Waals surface area contributed by atoms with E-state index in [0.717, 1.165) is 11.1 Å². The minimum absolute atomic E-state index is 0.0891. The van der Waals surface area contributed by atoms with Crippen molar-refractivity contribution in [1.82, 2.24) is 10.3 Å². The number of carbonyl (C=O) groups is 1. The maximum atomic E-state index is 12.1. The molecule has 0 saturated heterocycles. The molecule has 0 atom stereocenters. The average Bonchev–Trinajstić information content (AvgIpc) is 2.59. The van der Waals surface area contributed by atoms with Gasteiger partial charge in [0.15, 0.2) is 0 Å². The molecule has 0 fully saturated rings. The van der Waals surface area contributed by atoms with Crippen molar-refractivity contribution in [2.45, 2.75) is 26.3 Å². The fraction of sp³-hybridized carbons (Fsp3) is 0.211. The highest BCUT2D eigenvalue weighted by molar-refractivity contribution is 6.01. The van der Waals surface area contributed by atoms with E-state index in [-0.39, 0.29) is 11.5 Å². The molecule has 0 aliphatic heterocycles. The fourth-order valence-electron chi connectivity index (χ4n) is 2.07. The number of amides is 1. The predicted octanol–water partition coefficient (Wildman–Crippen LogP) is 3.43. The average molecular weight is 305 g/mol. The van der Waals surface area contributed by atoms with Crippen molar-refractivity contribution in [2.75, 3.05) is 0 Å². The van der Waals surface area contributed by atoms with Gasteiger partial charge in [0.05, 0.1) is 0 Å². The van der Waals surface area contributed by atoms with Gasteiger partial charge in [-0.05, 0) is 34.8 Å². The van der Waals surface area contributed by atoms with Crippen molar-refractivity contribution >= 4 is 12.0 Å². The molecule has 116 valence electrons. The van der Waals surface area contributed by atoms with Crippen LogP contribution in [0.2, 0.25) is 0 Å². The smallest absolute Gasteiger partial charge is 0.262 e. The summed E-state index contributed by atoms with van der Waals surface area (Å²) >= 11 is 0.